The number of alkyl halides is 1. The molecule has 0 unspecified atom stereocenters. The number of rotatable bonds is 7. The van der Waals surface area contributed by atoms with Crippen molar-refractivity contribution in [3.05, 3.63) is 95.9 Å². The summed E-state index contributed by atoms with van der Waals surface area (Å²) in [6, 6.07) is 19.1. The van der Waals surface area contributed by atoms with Gasteiger partial charge in [0.1, 0.15) is 0 Å². The van der Waals surface area contributed by atoms with Crippen LogP contribution in [0.4, 0.5) is 17.3 Å². The van der Waals surface area contributed by atoms with Gasteiger partial charge in [0.2, 0.25) is 11.9 Å². The van der Waals surface area contributed by atoms with Gasteiger partial charge in [-0.15, -0.1) is 11.6 Å². The van der Waals surface area contributed by atoms with Crippen LogP contribution in [0.1, 0.15) is 16.7 Å². The normalized spacial score (nSPS) is 10.6. The van der Waals surface area contributed by atoms with Gasteiger partial charge in [-0.3, -0.25) is 9.78 Å². The molecule has 0 radical (unpaired) electrons. The largest absolute Gasteiger partial charge is 0.326 e. The number of hydrogen-bond donors (Lipinski definition) is 2. The summed E-state index contributed by atoms with van der Waals surface area (Å²) >= 11 is 5.82. The van der Waals surface area contributed by atoms with E-state index in [-0.39, 0.29) is 12.3 Å². The molecule has 2 aromatic heterocycles. The third kappa shape index (κ3) is 5.47. The third-order valence-electron chi connectivity index (χ3n) is 4.92. The third-order valence-corrected chi connectivity index (χ3v) is 5.23. The summed E-state index contributed by atoms with van der Waals surface area (Å²) < 4.78 is 0. The summed E-state index contributed by atoms with van der Waals surface area (Å²) in [5.41, 5.74) is 6.17. The van der Waals surface area contributed by atoms with Crippen LogP contribution >= 0.6 is 11.6 Å². The maximum atomic E-state index is 12.5. The summed E-state index contributed by atoms with van der Waals surface area (Å²) in [5, 5.41) is 6.21. The van der Waals surface area contributed by atoms with Gasteiger partial charge in [0.15, 0.2) is 0 Å². The SMILES string of the molecule is Cc1ccc(NC(=O)Cc2ccc(CCl)cc2)cc1Nc1nccc(-c2cccnc2)n1. The van der Waals surface area contributed by atoms with Gasteiger partial charge in [-0.25, -0.2) is 9.97 Å². The molecule has 0 bridgehead atoms. The zero-order chi connectivity index (χ0) is 22.3. The quantitative estimate of drug-likeness (QED) is 0.368. The smallest absolute Gasteiger partial charge is 0.228 e. The maximum absolute atomic E-state index is 12.5. The van der Waals surface area contributed by atoms with Crippen molar-refractivity contribution in [2.75, 3.05) is 10.6 Å². The first-order chi connectivity index (χ1) is 15.6. The number of carbonyl (C=O) groups excluding carboxylic acids is 1. The highest BCUT2D eigenvalue weighted by atomic mass is 35.5. The molecule has 4 rings (SSSR count). The fraction of sp³-hybridized carbons (Fsp3) is 0.120. The minimum Gasteiger partial charge on any atom is -0.326 e. The van der Waals surface area contributed by atoms with Crippen LogP contribution in [-0.4, -0.2) is 20.9 Å². The molecule has 2 aromatic carbocycles. The number of nitrogens with one attached hydrogen (secondary N) is 2. The number of benzene rings is 2. The summed E-state index contributed by atoms with van der Waals surface area (Å²) in [4.78, 5) is 25.5. The van der Waals surface area contributed by atoms with Crippen LogP contribution in [0.5, 0.6) is 0 Å². The first-order valence-electron chi connectivity index (χ1n) is 10.2. The maximum Gasteiger partial charge on any atom is 0.228 e. The van der Waals surface area contributed by atoms with Gasteiger partial charge >= 0.3 is 0 Å². The molecule has 160 valence electrons. The molecule has 4 aromatic rings. The summed E-state index contributed by atoms with van der Waals surface area (Å²) in [5.74, 6) is 0.839. The van der Waals surface area contributed by atoms with Crippen molar-refractivity contribution in [2.24, 2.45) is 0 Å². The Kier molecular flexibility index (Phi) is 6.72. The standard InChI is InChI=1S/C25H22ClN5O/c1-17-4-9-21(29-24(32)13-18-5-7-19(15-26)8-6-18)14-23(17)31-25-28-12-10-22(30-25)20-3-2-11-27-16-20/h2-12,14,16H,13,15H2,1H3,(H,29,32)(H,28,30,31). The van der Waals surface area contributed by atoms with Gasteiger partial charge < -0.3 is 10.6 Å². The lowest BCUT2D eigenvalue weighted by molar-refractivity contribution is -0.115. The number of halogens is 1. The second-order valence-electron chi connectivity index (χ2n) is 7.34. The molecular formula is C25H22ClN5O. The topological polar surface area (TPSA) is 79.8 Å². The molecule has 0 saturated heterocycles. The van der Waals surface area contributed by atoms with E-state index in [2.05, 4.69) is 25.6 Å². The van der Waals surface area contributed by atoms with Crippen LogP contribution in [0.15, 0.2) is 79.3 Å². The van der Waals surface area contributed by atoms with Crippen LogP contribution in [0.2, 0.25) is 0 Å². The number of amides is 1. The first kappa shape index (κ1) is 21.5. The van der Waals surface area contributed by atoms with E-state index in [1.54, 1.807) is 18.6 Å². The highest BCUT2D eigenvalue weighted by Gasteiger charge is 2.09. The predicted octanol–water partition coefficient (Wildman–Crippen LogP) is 5.51. The molecule has 1 amide bonds. The Hall–Kier alpha value is -3.77. The molecule has 2 heterocycles. The van der Waals surface area contributed by atoms with Crippen LogP contribution in [-0.2, 0) is 17.1 Å². The fourth-order valence-electron chi connectivity index (χ4n) is 3.19. The number of aromatic nitrogens is 3. The Balaban J connectivity index is 1.46. The van der Waals surface area contributed by atoms with E-state index in [1.807, 2.05) is 67.6 Å². The average Bonchev–Trinajstić information content (AvgIpc) is 2.82. The van der Waals surface area contributed by atoms with Crippen molar-refractivity contribution in [3.63, 3.8) is 0 Å². The van der Waals surface area contributed by atoms with Crippen LogP contribution < -0.4 is 10.6 Å². The molecular weight excluding hydrogens is 422 g/mol. The van der Waals surface area contributed by atoms with E-state index in [0.29, 0.717) is 17.5 Å². The van der Waals surface area contributed by atoms with Crippen molar-refractivity contribution >= 4 is 34.8 Å². The zero-order valence-electron chi connectivity index (χ0n) is 17.5. The lowest BCUT2D eigenvalue weighted by Crippen LogP contribution is -2.14. The van der Waals surface area contributed by atoms with E-state index in [9.17, 15) is 4.79 Å². The fourth-order valence-corrected chi connectivity index (χ4v) is 3.36. The first-order valence-corrected chi connectivity index (χ1v) is 10.7. The second kappa shape index (κ2) is 10.0. The van der Waals surface area contributed by atoms with E-state index >= 15 is 0 Å². The highest BCUT2D eigenvalue weighted by Crippen LogP contribution is 2.24. The van der Waals surface area contributed by atoms with Gasteiger partial charge in [-0.1, -0.05) is 30.3 Å². The van der Waals surface area contributed by atoms with Gasteiger partial charge in [-0.05, 0) is 53.9 Å². The molecule has 2 N–H and O–H groups in total. The number of anilines is 3. The molecule has 0 spiro atoms. The molecule has 0 aliphatic carbocycles. The van der Waals surface area contributed by atoms with Crippen LogP contribution in [0.3, 0.4) is 0 Å². The number of pyridine rings is 1. The average molecular weight is 444 g/mol. The molecule has 0 saturated carbocycles. The van der Waals surface area contributed by atoms with Gasteiger partial charge in [0, 0.05) is 41.4 Å². The minimum atomic E-state index is -0.0896. The molecule has 7 heteroatoms. The predicted molar refractivity (Wildman–Crippen MR) is 128 cm³/mol. The Morgan fingerprint density at radius 1 is 1.00 bits per heavy atom. The van der Waals surface area contributed by atoms with E-state index in [0.717, 1.165) is 33.6 Å². The van der Waals surface area contributed by atoms with Gasteiger partial charge in [0.05, 0.1) is 12.1 Å². The Bertz CT molecular complexity index is 1210. The monoisotopic (exact) mass is 443 g/mol. The summed E-state index contributed by atoms with van der Waals surface area (Å²) in [7, 11) is 0. The number of nitrogens with zero attached hydrogens (tertiary/aromatic N) is 3. The number of aryl methyl sites for hydroxylation is 1. The van der Waals surface area contributed by atoms with Crippen LogP contribution in [0, 0.1) is 6.92 Å². The molecule has 6 nitrogen and oxygen atoms in total. The zero-order valence-corrected chi connectivity index (χ0v) is 18.3. The van der Waals surface area contributed by atoms with Crippen molar-refractivity contribution < 1.29 is 4.79 Å². The minimum absolute atomic E-state index is 0.0896. The van der Waals surface area contributed by atoms with Crippen molar-refractivity contribution in [3.8, 4) is 11.3 Å². The van der Waals surface area contributed by atoms with Crippen molar-refractivity contribution in [1.29, 1.82) is 0 Å². The molecule has 0 fully saturated rings. The van der Waals surface area contributed by atoms with Gasteiger partial charge in [-0.2, -0.15) is 0 Å². The summed E-state index contributed by atoms with van der Waals surface area (Å²) in [6.07, 6.45) is 5.47. The molecule has 0 aliphatic heterocycles. The van der Waals surface area contributed by atoms with E-state index < -0.39 is 0 Å². The van der Waals surface area contributed by atoms with Crippen molar-refractivity contribution in [1.82, 2.24) is 15.0 Å². The lowest BCUT2D eigenvalue weighted by atomic mass is 10.1. The summed E-state index contributed by atoms with van der Waals surface area (Å²) in [6.45, 7) is 1.98. The second-order valence-corrected chi connectivity index (χ2v) is 7.60. The highest BCUT2D eigenvalue weighted by molar-refractivity contribution is 6.17. The Morgan fingerprint density at radius 2 is 1.81 bits per heavy atom. The Labute approximate surface area is 191 Å². The molecule has 32 heavy (non-hydrogen) atoms. The number of carbonyl (C=O) groups is 1. The van der Waals surface area contributed by atoms with Gasteiger partial charge in [0.25, 0.3) is 0 Å². The van der Waals surface area contributed by atoms with E-state index in [1.165, 1.54) is 0 Å². The van der Waals surface area contributed by atoms with Crippen molar-refractivity contribution in [2.45, 2.75) is 19.2 Å². The van der Waals surface area contributed by atoms with Crippen LogP contribution in [0.25, 0.3) is 11.3 Å². The molecule has 0 aliphatic rings. The molecule has 0 atom stereocenters. The van der Waals surface area contributed by atoms with E-state index in [4.69, 9.17) is 11.6 Å². The lowest BCUT2D eigenvalue weighted by Gasteiger charge is -2.12. The Morgan fingerprint density at radius 3 is 2.56 bits per heavy atom. The number of hydrogen-bond acceptors (Lipinski definition) is 5.